The van der Waals surface area contributed by atoms with Gasteiger partial charge in [-0.2, -0.15) is 5.10 Å². The Morgan fingerprint density at radius 1 is 1.23 bits per heavy atom. The number of carbonyl (C=O) groups excluding carboxylic acids is 1. The number of amides is 1. The molecule has 0 saturated carbocycles. The highest BCUT2D eigenvalue weighted by atomic mass is 16.2. The number of carbonyl (C=O) groups is 1. The second-order valence-electron chi connectivity index (χ2n) is 5.71. The van der Waals surface area contributed by atoms with Gasteiger partial charge in [0, 0.05) is 17.9 Å². The van der Waals surface area contributed by atoms with Gasteiger partial charge in [0.2, 0.25) is 5.91 Å². The van der Waals surface area contributed by atoms with Crippen LogP contribution in [0.5, 0.6) is 0 Å². The van der Waals surface area contributed by atoms with Crippen LogP contribution in [-0.4, -0.2) is 25.7 Å². The van der Waals surface area contributed by atoms with Gasteiger partial charge in [-0.15, -0.1) is 0 Å². The number of rotatable bonds is 2. The Bertz CT molecular complexity index is 883. The largest absolute Gasteiger partial charge is 0.325 e. The van der Waals surface area contributed by atoms with Gasteiger partial charge in [-0.3, -0.25) is 9.48 Å². The summed E-state index contributed by atoms with van der Waals surface area (Å²) in [6.07, 6.45) is 3.40. The minimum atomic E-state index is -0.411. The van der Waals surface area contributed by atoms with Crippen molar-refractivity contribution in [1.29, 1.82) is 0 Å². The summed E-state index contributed by atoms with van der Waals surface area (Å²) in [6.45, 7) is 4.10. The number of anilines is 1. The number of fused-ring (bicyclic) bond motifs is 2. The summed E-state index contributed by atoms with van der Waals surface area (Å²) in [6, 6.07) is 7.93. The molecule has 1 aromatic carbocycles. The van der Waals surface area contributed by atoms with Crippen LogP contribution in [0.15, 0.2) is 36.8 Å². The third kappa shape index (κ3) is 1.80. The first-order valence-corrected chi connectivity index (χ1v) is 7.24. The van der Waals surface area contributed by atoms with Crippen LogP contribution in [0.4, 0.5) is 5.69 Å². The molecule has 0 fully saturated rings. The highest BCUT2D eigenvalue weighted by molar-refractivity contribution is 6.06. The fraction of sp³-hybridized carbons (Fsp3) is 0.250. The predicted octanol–water partition coefficient (Wildman–Crippen LogP) is 2.49. The second-order valence-corrected chi connectivity index (χ2v) is 5.71. The van der Waals surface area contributed by atoms with Gasteiger partial charge in [-0.05, 0) is 25.5 Å². The SMILES string of the molecule is CC(C)n1cc2c(C3C(=O)Nc4ccccc43)ncnc2n1. The topological polar surface area (TPSA) is 72.7 Å². The normalized spacial score (nSPS) is 17.0. The minimum absolute atomic E-state index is 0.0569. The number of nitrogens with zero attached hydrogens (tertiary/aromatic N) is 4. The third-order valence-electron chi connectivity index (χ3n) is 3.96. The van der Waals surface area contributed by atoms with Crippen LogP contribution >= 0.6 is 0 Å². The molecule has 1 aliphatic rings. The van der Waals surface area contributed by atoms with Crippen molar-refractivity contribution in [3.8, 4) is 0 Å². The molecule has 0 spiro atoms. The van der Waals surface area contributed by atoms with E-state index in [1.165, 1.54) is 6.33 Å². The lowest BCUT2D eigenvalue weighted by molar-refractivity contribution is -0.116. The number of hydrogen-bond donors (Lipinski definition) is 1. The maximum Gasteiger partial charge on any atom is 0.238 e. The van der Waals surface area contributed by atoms with E-state index >= 15 is 0 Å². The third-order valence-corrected chi connectivity index (χ3v) is 3.96. The zero-order valence-corrected chi connectivity index (χ0v) is 12.3. The summed E-state index contributed by atoms with van der Waals surface area (Å²) >= 11 is 0. The summed E-state index contributed by atoms with van der Waals surface area (Å²) in [7, 11) is 0. The Balaban J connectivity index is 1.93. The van der Waals surface area contributed by atoms with Crippen LogP contribution in [0.3, 0.4) is 0 Å². The molecule has 0 saturated heterocycles. The van der Waals surface area contributed by atoms with E-state index in [0.717, 1.165) is 16.6 Å². The number of benzene rings is 1. The van der Waals surface area contributed by atoms with Gasteiger partial charge in [-0.25, -0.2) is 9.97 Å². The minimum Gasteiger partial charge on any atom is -0.325 e. The van der Waals surface area contributed by atoms with E-state index in [9.17, 15) is 4.79 Å². The summed E-state index contributed by atoms with van der Waals surface area (Å²) < 4.78 is 1.85. The van der Waals surface area contributed by atoms with Crippen LogP contribution in [0, 0.1) is 0 Å². The van der Waals surface area contributed by atoms with Crippen molar-refractivity contribution in [3.63, 3.8) is 0 Å². The lowest BCUT2D eigenvalue weighted by Crippen LogP contribution is -2.14. The molecule has 6 heteroatoms. The molecule has 0 radical (unpaired) electrons. The van der Waals surface area contributed by atoms with Crippen molar-refractivity contribution in [1.82, 2.24) is 19.7 Å². The molecule has 0 aliphatic carbocycles. The van der Waals surface area contributed by atoms with Gasteiger partial charge in [-0.1, -0.05) is 18.2 Å². The predicted molar refractivity (Wildman–Crippen MR) is 82.6 cm³/mol. The van der Waals surface area contributed by atoms with Crippen LogP contribution in [0.2, 0.25) is 0 Å². The van der Waals surface area contributed by atoms with Gasteiger partial charge < -0.3 is 5.32 Å². The molecule has 1 unspecified atom stereocenters. The summed E-state index contributed by atoms with van der Waals surface area (Å²) in [5.74, 6) is -0.468. The first-order valence-electron chi connectivity index (χ1n) is 7.24. The standard InChI is InChI=1S/C16H15N5O/c1-9(2)21-7-11-14(17-8-18-15(11)20-21)13-10-5-3-4-6-12(10)19-16(13)22/h3-9,13H,1-2H3,(H,19,22). The molecule has 4 rings (SSSR count). The maximum atomic E-state index is 12.4. The molecule has 1 N–H and O–H groups in total. The molecule has 2 aromatic heterocycles. The molecule has 110 valence electrons. The Hall–Kier alpha value is -2.76. The van der Waals surface area contributed by atoms with Gasteiger partial charge in [0.15, 0.2) is 5.65 Å². The van der Waals surface area contributed by atoms with Crippen LogP contribution in [-0.2, 0) is 4.79 Å². The molecule has 22 heavy (non-hydrogen) atoms. The van der Waals surface area contributed by atoms with Crippen molar-refractivity contribution in [2.45, 2.75) is 25.8 Å². The van der Waals surface area contributed by atoms with E-state index in [1.807, 2.05) is 35.1 Å². The summed E-state index contributed by atoms with van der Waals surface area (Å²) in [5, 5.41) is 8.20. The van der Waals surface area contributed by atoms with Gasteiger partial charge >= 0.3 is 0 Å². The summed E-state index contributed by atoms with van der Waals surface area (Å²) in [5.41, 5.74) is 3.13. The van der Waals surface area contributed by atoms with Crippen LogP contribution < -0.4 is 5.32 Å². The Labute approximate surface area is 127 Å². The smallest absolute Gasteiger partial charge is 0.238 e. The molecule has 1 aliphatic heterocycles. The molecular formula is C16H15N5O. The maximum absolute atomic E-state index is 12.4. The van der Waals surface area contributed by atoms with Gasteiger partial charge in [0.1, 0.15) is 12.2 Å². The first kappa shape index (κ1) is 12.9. The van der Waals surface area contributed by atoms with Gasteiger partial charge in [0.25, 0.3) is 0 Å². The first-order chi connectivity index (χ1) is 10.6. The Kier molecular flexibility index (Phi) is 2.72. The van der Waals surface area contributed by atoms with Crippen molar-refractivity contribution >= 4 is 22.6 Å². The number of para-hydroxylation sites is 1. The molecule has 1 atom stereocenters. The van der Waals surface area contributed by atoms with E-state index in [-0.39, 0.29) is 11.9 Å². The van der Waals surface area contributed by atoms with Crippen molar-refractivity contribution in [2.24, 2.45) is 0 Å². The molecule has 0 bridgehead atoms. The molecule has 1 amide bonds. The Morgan fingerprint density at radius 2 is 2.05 bits per heavy atom. The monoisotopic (exact) mass is 293 g/mol. The fourth-order valence-corrected chi connectivity index (χ4v) is 2.85. The average molecular weight is 293 g/mol. The van der Waals surface area contributed by atoms with Crippen molar-refractivity contribution in [2.75, 3.05) is 5.32 Å². The van der Waals surface area contributed by atoms with E-state index in [0.29, 0.717) is 11.3 Å². The fourth-order valence-electron chi connectivity index (χ4n) is 2.85. The van der Waals surface area contributed by atoms with Crippen molar-refractivity contribution in [3.05, 3.63) is 48.0 Å². The van der Waals surface area contributed by atoms with E-state index in [2.05, 4.69) is 34.2 Å². The number of hydrogen-bond acceptors (Lipinski definition) is 4. The molecule has 3 aromatic rings. The van der Waals surface area contributed by atoms with Crippen LogP contribution in [0.25, 0.3) is 11.0 Å². The number of nitrogens with one attached hydrogen (secondary N) is 1. The molecular weight excluding hydrogens is 278 g/mol. The van der Waals surface area contributed by atoms with E-state index in [4.69, 9.17) is 0 Å². The lowest BCUT2D eigenvalue weighted by Gasteiger charge is -2.08. The average Bonchev–Trinajstić information content (AvgIpc) is 3.07. The molecule has 6 nitrogen and oxygen atoms in total. The van der Waals surface area contributed by atoms with Crippen molar-refractivity contribution < 1.29 is 4.79 Å². The zero-order valence-electron chi connectivity index (χ0n) is 12.3. The molecule has 3 heterocycles. The lowest BCUT2D eigenvalue weighted by atomic mass is 9.95. The Morgan fingerprint density at radius 3 is 2.86 bits per heavy atom. The summed E-state index contributed by atoms with van der Waals surface area (Å²) in [4.78, 5) is 21.0. The van der Waals surface area contributed by atoms with Crippen LogP contribution in [0.1, 0.15) is 37.1 Å². The van der Waals surface area contributed by atoms with E-state index in [1.54, 1.807) is 0 Å². The highest BCUT2D eigenvalue weighted by Gasteiger charge is 2.34. The number of aromatic nitrogens is 4. The quantitative estimate of drug-likeness (QED) is 0.788. The van der Waals surface area contributed by atoms with E-state index < -0.39 is 5.92 Å². The zero-order chi connectivity index (χ0) is 15.3. The van der Waals surface area contributed by atoms with Gasteiger partial charge in [0.05, 0.1) is 11.1 Å². The highest BCUT2D eigenvalue weighted by Crippen LogP contribution is 2.38. The second kappa shape index (κ2) is 4.62.